The number of rotatable bonds is 3. The monoisotopic (exact) mass is 261 g/mol. The maximum Gasteiger partial charge on any atom is 0.453 e. The van der Waals surface area contributed by atoms with Gasteiger partial charge in [0.05, 0.1) is 0 Å². The summed E-state index contributed by atoms with van der Waals surface area (Å²) in [5.74, 6) is -3.38. The van der Waals surface area contributed by atoms with Crippen LogP contribution in [0.3, 0.4) is 0 Å². The van der Waals surface area contributed by atoms with E-state index in [-0.39, 0.29) is 11.2 Å². The highest BCUT2D eigenvalue weighted by molar-refractivity contribution is 5.00. The van der Waals surface area contributed by atoms with Gasteiger partial charge in [0, 0.05) is 6.54 Å². The molecule has 0 spiro atoms. The summed E-state index contributed by atoms with van der Waals surface area (Å²) in [6, 6.07) is 0. The molecule has 0 radical (unpaired) electrons. The molecule has 1 heterocycles. The Hall–Kier alpha value is -1.28. The van der Waals surface area contributed by atoms with Crippen molar-refractivity contribution in [1.29, 1.82) is 0 Å². The highest BCUT2D eigenvalue weighted by atomic mass is 19.4. The lowest BCUT2D eigenvalue weighted by Crippen LogP contribution is -2.16. The van der Waals surface area contributed by atoms with Crippen LogP contribution in [0.25, 0.3) is 0 Å². The Morgan fingerprint density at radius 1 is 1.06 bits per heavy atom. The van der Waals surface area contributed by atoms with Crippen molar-refractivity contribution >= 4 is 0 Å². The van der Waals surface area contributed by atoms with Crippen molar-refractivity contribution in [3.63, 3.8) is 0 Å². The molecule has 0 bridgehead atoms. The number of halogens is 6. The van der Waals surface area contributed by atoms with Crippen molar-refractivity contribution < 1.29 is 26.3 Å². The lowest BCUT2D eigenvalue weighted by molar-refractivity contribution is -0.151. The van der Waals surface area contributed by atoms with Gasteiger partial charge in [-0.3, -0.25) is 0 Å². The predicted molar refractivity (Wildman–Crippen MR) is 44.9 cm³/mol. The van der Waals surface area contributed by atoms with Crippen molar-refractivity contribution in [2.45, 2.75) is 38.7 Å². The molecule has 0 aliphatic heterocycles. The molecule has 1 aromatic rings. The van der Waals surface area contributed by atoms with Crippen LogP contribution in [0.2, 0.25) is 0 Å². The molecule has 0 aromatic carbocycles. The molecule has 0 amide bonds. The van der Waals surface area contributed by atoms with E-state index in [9.17, 15) is 26.3 Å². The first-order valence-corrected chi connectivity index (χ1v) is 4.75. The molecule has 0 aliphatic carbocycles. The maximum absolute atomic E-state index is 12.4. The lowest BCUT2D eigenvalue weighted by Gasteiger charge is -2.07. The summed E-state index contributed by atoms with van der Waals surface area (Å²) in [6.07, 6.45) is -9.08. The van der Waals surface area contributed by atoms with Gasteiger partial charge in [-0.15, -0.1) is 5.10 Å². The van der Waals surface area contributed by atoms with Crippen molar-refractivity contribution in [3.05, 3.63) is 11.6 Å². The minimum Gasteiger partial charge on any atom is -0.242 e. The number of aromatic nitrogens is 3. The lowest BCUT2D eigenvalue weighted by atomic mass is 10.3. The van der Waals surface area contributed by atoms with E-state index in [1.807, 2.05) is 0 Å². The zero-order valence-electron chi connectivity index (χ0n) is 8.73. The third kappa shape index (κ3) is 3.34. The van der Waals surface area contributed by atoms with Crippen LogP contribution in [-0.4, -0.2) is 14.8 Å². The normalized spacial score (nSPS) is 13.1. The molecule has 0 fully saturated rings. The fourth-order valence-corrected chi connectivity index (χ4v) is 1.14. The molecule has 17 heavy (non-hydrogen) atoms. The Bertz CT molecular complexity index is 378. The van der Waals surface area contributed by atoms with Gasteiger partial charge in [0.2, 0.25) is 5.82 Å². The maximum atomic E-state index is 12.4. The van der Waals surface area contributed by atoms with E-state index >= 15 is 0 Å². The molecule has 0 unspecified atom stereocenters. The van der Waals surface area contributed by atoms with Gasteiger partial charge in [-0.05, 0) is 6.42 Å². The molecule has 1 rings (SSSR count). The molecular weight excluding hydrogens is 252 g/mol. The zero-order valence-corrected chi connectivity index (χ0v) is 8.73. The summed E-state index contributed by atoms with van der Waals surface area (Å²) in [5, 5.41) is 2.85. The van der Waals surface area contributed by atoms with E-state index in [2.05, 4.69) is 10.1 Å². The third-order valence-corrected chi connectivity index (χ3v) is 1.90. The average Bonchev–Trinajstić information content (AvgIpc) is 2.56. The summed E-state index contributed by atoms with van der Waals surface area (Å²) in [5.41, 5.74) is 0. The van der Waals surface area contributed by atoms with Gasteiger partial charge >= 0.3 is 12.4 Å². The molecule has 3 nitrogen and oxygen atoms in total. The van der Waals surface area contributed by atoms with Crippen molar-refractivity contribution in [2.75, 3.05) is 0 Å². The zero-order chi connectivity index (χ0) is 13.3. The number of nitrogens with zero attached hydrogens (tertiary/aromatic N) is 3. The number of aryl methyl sites for hydroxylation is 1. The third-order valence-electron chi connectivity index (χ3n) is 1.90. The first-order chi connectivity index (χ1) is 7.66. The molecule has 0 atom stereocenters. The Morgan fingerprint density at radius 2 is 1.65 bits per heavy atom. The number of unbranched alkanes of at least 4 members (excludes halogenated alkanes) is 1. The Kier molecular flexibility index (Phi) is 3.68. The topological polar surface area (TPSA) is 30.7 Å². The number of hydrogen-bond donors (Lipinski definition) is 0. The summed E-state index contributed by atoms with van der Waals surface area (Å²) in [6.45, 7) is 1.46. The molecule has 1 aromatic heterocycles. The minimum atomic E-state index is -4.97. The van der Waals surface area contributed by atoms with Crippen LogP contribution in [0, 0.1) is 0 Å². The first kappa shape index (κ1) is 13.8. The van der Waals surface area contributed by atoms with Gasteiger partial charge < -0.3 is 0 Å². The van der Waals surface area contributed by atoms with Crippen LogP contribution in [0.5, 0.6) is 0 Å². The second-order valence-corrected chi connectivity index (χ2v) is 3.33. The molecule has 9 heteroatoms. The van der Waals surface area contributed by atoms with Gasteiger partial charge in [-0.1, -0.05) is 13.3 Å². The van der Waals surface area contributed by atoms with E-state index in [1.54, 1.807) is 6.92 Å². The van der Waals surface area contributed by atoms with E-state index in [4.69, 9.17) is 0 Å². The first-order valence-electron chi connectivity index (χ1n) is 4.75. The minimum absolute atomic E-state index is 0.242. The Balaban J connectivity index is 3.13. The summed E-state index contributed by atoms with van der Waals surface area (Å²) >= 11 is 0. The predicted octanol–water partition coefficient (Wildman–Crippen LogP) is 3.12. The fraction of sp³-hybridized carbons (Fsp3) is 0.750. The highest BCUT2D eigenvalue weighted by Crippen LogP contribution is 2.32. The SMILES string of the molecule is CCCCn1nc(C(F)(F)F)nc1C(F)(F)F. The summed E-state index contributed by atoms with van der Waals surface area (Å²) in [7, 11) is 0. The van der Waals surface area contributed by atoms with Crippen LogP contribution >= 0.6 is 0 Å². The van der Waals surface area contributed by atoms with Gasteiger partial charge in [0.1, 0.15) is 0 Å². The highest BCUT2D eigenvalue weighted by Gasteiger charge is 2.43. The van der Waals surface area contributed by atoms with Gasteiger partial charge in [0.15, 0.2) is 0 Å². The smallest absolute Gasteiger partial charge is 0.242 e. The number of hydrogen-bond acceptors (Lipinski definition) is 2. The second kappa shape index (κ2) is 4.53. The van der Waals surface area contributed by atoms with Crippen LogP contribution in [0.4, 0.5) is 26.3 Å². The fourth-order valence-electron chi connectivity index (χ4n) is 1.14. The Morgan fingerprint density at radius 3 is 2.06 bits per heavy atom. The van der Waals surface area contributed by atoms with Crippen LogP contribution in [0.1, 0.15) is 31.4 Å². The Labute approximate surface area is 92.4 Å². The standard InChI is InChI=1S/C8H9F6N3/c1-2-3-4-17-6(8(12,13)14)15-5(16-17)7(9,10)11/h2-4H2,1H3. The van der Waals surface area contributed by atoms with Crippen molar-refractivity contribution in [2.24, 2.45) is 0 Å². The van der Waals surface area contributed by atoms with Gasteiger partial charge in [-0.25, -0.2) is 4.68 Å². The van der Waals surface area contributed by atoms with Gasteiger partial charge in [-0.2, -0.15) is 31.3 Å². The molecule has 0 saturated heterocycles. The van der Waals surface area contributed by atoms with E-state index < -0.39 is 24.0 Å². The van der Waals surface area contributed by atoms with Crippen LogP contribution < -0.4 is 0 Å². The molecule has 98 valence electrons. The molecule has 0 saturated carbocycles. The van der Waals surface area contributed by atoms with Gasteiger partial charge in [0.25, 0.3) is 5.82 Å². The quantitative estimate of drug-likeness (QED) is 0.783. The largest absolute Gasteiger partial charge is 0.453 e. The van der Waals surface area contributed by atoms with E-state index in [1.165, 1.54) is 0 Å². The van der Waals surface area contributed by atoms with Crippen molar-refractivity contribution in [1.82, 2.24) is 14.8 Å². The summed E-state index contributed by atoms with van der Waals surface area (Å²) in [4.78, 5) is 2.51. The number of alkyl halides is 6. The van der Waals surface area contributed by atoms with Crippen LogP contribution in [-0.2, 0) is 18.9 Å². The molecular formula is C8H9F6N3. The van der Waals surface area contributed by atoms with Crippen molar-refractivity contribution in [3.8, 4) is 0 Å². The summed E-state index contributed by atoms with van der Waals surface area (Å²) < 4.78 is 74.0. The van der Waals surface area contributed by atoms with E-state index in [0.29, 0.717) is 12.8 Å². The second-order valence-electron chi connectivity index (χ2n) is 3.33. The average molecular weight is 261 g/mol. The molecule has 0 aliphatic rings. The molecule has 0 N–H and O–H groups in total. The van der Waals surface area contributed by atoms with Crippen LogP contribution in [0.15, 0.2) is 0 Å². The van der Waals surface area contributed by atoms with E-state index in [0.717, 1.165) is 0 Å².